The summed E-state index contributed by atoms with van der Waals surface area (Å²) in [6, 6.07) is 0. The fourth-order valence-corrected chi connectivity index (χ4v) is 1.25. The summed E-state index contributed by atoms with van der Waals surface area (Å²) in [7, 11) is 1.87. The van der Waals surface area contributed by atoms with Crippen LogP contribution in [0.15, 0.2) is 15.5 Å². The standard InChI is InChI=1S/C8H12BrN3O/c1-5(3-10-2)7-11-4-6(9)8(13)12-7/h4-5,10H,3H2,1-2H3,(H,11,12,13). The van der Waals surface area contributed by atoms with Crippen LogP contribution < -0.4 is 10.9 Å². The fraction of sp³-hybridized carbons (Fsp3) is 0.500. The van der Waals surface area contributed by atoms with Gasteiger partial charge in [-0.05, 0) is 23.0 Å². The van der Waals surface area contributed by atoms with E-state index in [9.17, 15) is 4.79 Å². The van der Waals surface area contributed by atoms with Gasteiger partial charge in [-0.15, -0.1) is 0 Å². The summed E-state index contributed by atoms with van der Waals surface area (Å²) in [4.78, 5) is 18.0. The van der Waals surface area contributed by atoms with Crippen LogP contribution in [-0.4, -0.2) is 23.6 Å². The van der Waals surface area contributed by atoms with Crippen LogP contribution >= 0.6 is 15.9 Å². The maximum atomic E-state index is 11.2. The van der Waals surface area contributed by atoms with Gasteiger partial charge in [0.2, 0.25) is 0 Å². The Balaban J connectivity index is 2.90. The van der Waals surface area contributed by atoms with Crippen LogP contribution in [0.3, 0.4) is 0 Å². The van der Waals surface area contributed by atoms with Crippen LogP contribution in [0.1, 0.15) is 18.7 Å². The number of likely N-dealkylation sites (N-methyl/N-ethyl adjacent to an activating group) is 1. The molecule has 1 aromatic heterocycles. The van der Waals surface area contributed by atoms with Crippen molar-refractivity contribution < 1.29 is 0 Å². The van der Waals surface area contributed by atoms with Crippen molar-refractivity contribution in [1.29, 1.82) is 0 Å². The lowest BCUT2D eigenvalue weighted by atomic mass is 10.1. The first-order valence-electron chi connectivity index (χ1n) is 4.04. The maximum Gasteiger partial charge on any atom is 0.265 e. The molecule has 5 heteroatoms. The van der Waals surface area contributed by atoms with E-state index in [4.69, 9.17) is 0 Å². The Labute approximate surface area is 84.9 Å². The van der Waals surface area contributed by atoms with Crippen LogP contribution in [0.5, 0.6) is 0 Å². The molecule has 0 aliphatic heterocycles. The number of halogens is 1. The van der Waals surface area contributed by atoms with Crippen molar-refractivity contribution >= 4 is 15.9 Å². The minimum atomic E-state index is -0.132. The molecule has 0 radical (unpaired) electrons. The largest absolute Gasteiger partial charge is 0.319 e. The number of H-pyrrole nitrogens is 1. The summed E-state index contributed by atoms with van der Waals surface area (Å²) in [5.74, 6) is 0.924. The summed E-state index contributed by atoms with van der Waals surface area (Å²) in [5, 5.41) is 3.03. The molecule has 0 spiro atoms. The van der Waals surface area contributed by atoms with E-state index < -0.39 is 0 Å². The SMILES string of the molecule is CNCC(C)c1ncc(Br)c(=O)[nH]1. The van der Waals surface area contributed by atoms with E-state index in [0.29, 0.717) is 10.3 Å². The van der Waals surface area contributed by atoms with Crippen LogP contribution in [0.25, 0.3) is 0 Å². The lowest BCUT2D eigenvalue weighted by Crippen LogP contribution is -2.20. The number of rotatable bonds is 3. The number of aromatic nitrogens is 2. The van der Waals surface area contributed by atoms with Gasteiger partial charge in [0.15, 0.2) is 0 Å². The fourth-order valence-electron chi connectivity index (χ4n) is 1.05. The quantitative estimate of drug-likeness (QED) is 0.831. The van der Waals surface area contributed by atoms with Crippen LogP contribution in [0.4, 0.5) is 0 Å². The number of hydrogen-bond donors (Lipinski definition) is 2. The first kappa shape index (κ1) is 10.4. The second kappa shape index (κ2) is 4.53. The lowest BCUT2D eigenvalue weighted by molar-refractivity contribution is 0.637. The topological polar surface area (TPSA) is 57.8 Å². The highest BCUT2D eigenvalue weighted by atomic mass is 79.9. The number of aromatic amines is 1. The van der Waals surface area contributed by atoms with Crippen molar-refractivity contribution in [3.8, 4) is 0 Å². The van der Waals surface area contributed by atoms with Crippen molar-refractivity contribution in [2.45, 2.75) is 12.8 Å². The summed E-state index contributed by atoms with van der Waals surface area (Å²) < 4.78 is 0.466. The zero-order chi connectivity index (χ0) is 9.84. The first-order valence-corrected chi connectivity index (χ1v) is 4.83. The highest BCUT2D eigenvalue weighted by Gasteiger charge is 2.07. The van der Waals surface area contributed by atoms with Gasteiger partial charge in [0, 0.05) is 18.7 Å². The number of hydrogen-bond acceptors (Lipinski definition) is 3. The Hall–Kier alpha value is -0.680. The van der Waals surface area contributed by atoms with Crippen LogP contribution in [0, 0.1) is 0 Å². The molecule has 0 aromatic carbocycles. The molecule has 72 valence electrons. The molecule has 0 bridgehead atoms. The third-order valence-corrected chi connectivity index (χ3v) is 2.32. The predicted octanol–water partition coefficient (Wildman–Crippen LogP) is 0.855. The van der Waals surface area contributed by atoms with E-state index in [1.807, 2.05) is 14.0 Å². The van der Waals surface area contributed by atoms with Gasteiger partial charge in [0.1, 0.15) is 10.3 Å². The van der Waals surface area contributed by atoms with Crippen molar-refractivity contribution in [2.75, 3.05) is 13.6 Å². The van der Waals surface area contributed by atoms with Crippen molar-refractivity contribution in [3.63, 3.8) is 0 Å². The Morgan fingerprint density at radius 2 is 2.46 bits per heavy atom. The van der Waals surface area contributed by atoms with Gasteiger partial charge >= 0.3 is 0 Å². The molecular formula is C8H12BrN3O. The molecule has 0 saturated carbocycles. The van der Waals surface area contributed by atoms with Gasteiger partial charge in [-0.2, -0.15) is 0 Å². The molecule has 0 saturated heterocycles. The van der Waals surface area contributed by atoms with Crippen molar-refractivity contribution in [3.05, 3.63) is 26.8 Å². The molecule has 1 aromatic rings. The third-order valence-electron chi connectivity index (χ3n) is 1.75. The smallest absolute Gasteiger partial charge is 0.265 e. The summed E-state index contributed by atoms with van der Waals surface area (Å²) >= 11 is 3.10. The predicted molar refractivity (Wildman–Crippen MR) is 54.9 cm³/mol. The number of nitrogens with zero attached hydrogens (tertiary/aromatic N) is 1. The summed E-state index contributed by atoms with van der Waals surface area (Å²) in [5.41, 5.74) is -0.132. The molecule has 1 atom stereocenters. The minimum Gasteiger partial charge on any atom is -0.319 e. The Bertz CT molecular complexity index is 336. The lowest BCUT2D eigenvalue weighted by Gasteiger charge is -2.08. The molecule has 4 nitrogen and oxygen atoms in total. The van der Waals surface area contributed by atoms with E-state index in [0.717, 1.165) is 6.54 Å². The average Bonchev–Trinajstić information content (AvgIpc) is 2.10. The Kier molecular flexibility index (Phi) is 3.62. The maximum absolute atomic E-state index is 11.2. The molecule has 2 N–H and O–H groups in total. The molecular weight excluding hydrogens is 234 g/mol. The molecule has 0 fully saturated rings. The normalized spacial score (nSPS) is 12.8. The molecule has 1 unspecified atom stereocenters. The van der Waals surface area contributed by atoms with Gasteiger partial charge in [-0.3, -0.25) is 4.79 Å². The number of nitrogens with one attached hydrogen (secondary N) is 2. The van der Waals surface area contributed by atoms with E-state index in [2.05, 4.69) is 31.2 Å². The summed E-state index contributed by atoms with van der Waals surface area (Å²) in [6.45, 7) is 2.80. The molecule has 0 aliphatic carbocycles. The average molecular weight is 246 g/mol. The molecule has 13 heavy (non-hydrogen) atoms. The van der Waals surface area contributed by atoms with Gasteiger partial charge in [-0.25, -0.2) is 4.98 Å². The zero-order valence-corrected chi connectivity index (χ0v) is 9.18. The second-order valence-corrected chi connectivity index (χ2v) is 3.76. The summed E-state index contributed by atoms with van der Waals surface area (Å²) in [6.07, 6.45) is 1.53. The highest BCUT2D eigenvalue weighted by molar-refractivity contribution is 9.10. The monoisotopic (exact) mass is 245 g/mol. The van der Waals surface area contributed by atoms with E-state index in [1.54, 1.807) is 0 Å². The Morgan fingerprint density at radius 1 is 1.77 bits per heavy atom. The van der Waals surface area contributed by atoms with Crippen molar-refractivity contribution in [1.82, 2.24) is 15.3 Å². The third kappa shape index (κ3) is 2.63. The van der Waals surface area contributed by atoms with E-state index in [-0.39, 0.29) is 11.5 Å². The van der Waals surface area contributed by atoms with Gasteiger partial charge in [0.25, 0.3) is 5.56 Å². The van der Waals surface area contributed by atoms with Crippen LogP contribution in [0.2, 0.25) is 0 Å². The van der Waals surface area contributed by atoms with Gasteiger partial charge in [0.05, 0.1) is 0 Å². The molecule has 0 amide bonds. The Morgan fingerprint density at radius 3 is 3.00 bits per heavy atom. The highest BCUT2D eigenvalue weighted by Crippen LogP contribution is 2.07. The van der Waals surface area contributed by atoms with Gasteiger partial charge < -0.3 is 10.3 Å². The first-order chi connectivity index (χ1) is 6.15. The van der Waals surface area contributed by atoms with Gasteiger partial charge in [-0.1, -0.05) is 6.92 Å². The molecule has 0 aliphatic rings. The molecule has 1 heterocycles. The van der Waals surface area contributed by atoms with E-state index in [1.165, 1.54) is 6.20 Å². The van der Waals surface area contributed by atoms with Crippen molar-refractivity contribution in [2.24, 2.45) is 0 Å². The molecule has 1 rings (SSSR count). The van der Waals surface area contributed by atoms with E-state index >= 15 is 0 Å². The van der Waals surface area contributed by atoms with Crippen LogP contribution in [-0.2, 0) is 0 Å². The second-order valence-electron chi connectivity index (χ2n) is 2.90. The minimum absolute atomic E-state index is 0.132. The zero-order valence-electron chi connectivity index (χ0n) is 7.60.